The molecule has 0 aromatic heterocycles. The predicted molar refractivity (Wildman–Crippen MR) is 80.4 cm³/mol. The zero-order valence-electron chi connectivity index (χ0n) is 11.0. The third-order valence-corrected chi connectivity index (χ3v) is 3.65. The second-order valence-electron chi connectivity index (χ2n) is 4.97. The van der Waals surface area contributed by atoms with Gasteiger partial charge in [-0.1, -0.05) is 24.6 Å². The molecule has 18 heavy (non-hydrogen) atoms. The molecule has 2 rings (SSSR count). The number of hydrogen-bond acceptors (Lipinski definition) is 2. The maximum atomic E-state index is 5.36. The maximum absolute atomic E-state index is 5.36. The Kier molecular flexibility index (Phi) is 4.55. The van der Waals surface area contributed by atoms with Crippen molar-refractivity contribution in [3.8, 4) is 0 Å². The summed E-state index contributed by atoms with van der Waals surface area (Å²) in [6.45, 7) is 4.49. The van der Waals surface area contributed by atoms with Crippen LogP contribution in [-0.4, -0.2) is 22.2 Å². The fourth-order valence-corrected chi connectivity index (χ4v) is 2.66. The van der Waals surface area contributed by atoms with Crippen molar-refractivity contribution in [1.82, 2.24) is 10.4 Å². The van der Waals surface area contributed by atoms with Crippen LogP contribution in [0.1, 0.15) is 33.1 Å². The number of thiocarbonyl (C=S) groups is 1. The van der Waals surface area contributed by atoms with E-state index in [1.54, 1.807) is 0 Å². The number of nitrogens with one attached hydrogen (secondary N) is 2. The molecule has 0 spiro atoms. The number of para-hydroxylation sites is 1. The van der Waals surface area contributed by atoms with Crippen LogP contribution in [0.4, 0.5) is 5.69 Å². The van der Waals surface area contributed by atoms with Crippen molar-refractivity contribution in [2.24, 2.45) is 0 Å². The van der Waals surface area contributed by atoms with Crippen LogP contribution >= 0.6 is 12.2 Å². The Morgan fingerprint density at radius 1 is 1.17 bits per heavy atom. The van der Waals surface area contributed by atoms with Gasteiger partial charge in [0.15, 0.2) is 5.11 Å². The first-order valence-corrected chi connectivity index (χ1v) is 6.98. The smallest absolute Gasteiger partial charge is 0.185 e. The lowest BCUT2D eigenvalue weighted by atomic mass is 10.00. The van der Waals surface area contributed by atoms with Gasteiger partial charge in [0.2, 0.25) is 0 Å². The number of nitrogens with zero attached hydrogens (tertiary/aromatic N) is 1. The highest BCUT2D eigenvalue weighted by atomic mass is 32.1. The van der Waals surface area contributed by atoms with Gasteiger partial charge in [-0.3, -0.25) is 5.43 Å². The predicted octanol–water partition coefficient (Wildman–Crippen LogP) is 3.15. The van der Waals surface area contributed by atoms with Gasteiger partial charge in [-0.05, 0) is 51.0 Å². The van der Waals surface area contributed by atoms with E-state index in [4.69, 9.17) is 12.2 Å². The standard InChI is InChI=1S/C14H21N3S/c1-11-7-6-8-12(2)17(11)16-14(18)15-13-9-4-3-5-10-13/h3-5,9-12H,6-8H2,1-2H3,(H2,15,16,18)/t11-,12-/m0/s1. The molecule has 0 saturated carbocycles. The Labute approximate surface area is 115 Å². The van der Waals surface area contributed by atoms with Crippen molar-refractivity contribution in [2.75, 3.05) is 5.32 Å². The molecular weight excluding hydrogens is 242 g/mol. The lowest BCUT2D eigenvalue weighted by molar-refractivity contribution is 0.0750. The summed E-state index contributed by atoms with van der Waals surface area (Å²) in [5, 5.41) is 6.14. The van der Waals surface area contributed by atoms with Gasteiger partial charge in [-0.2, -0.15) is 0 Å². The van der Waals surface area contributed by atoms with Crippen LogP contribution in [-0.2, 0) is 0 Å². The topological polar surface area (TPSA) is 27.3 Å². The minimum atomic E-state index is 0.532. The number of benzene rings is 1. The maximum Gasteiger partial charge on any atom is 0.185 e. The van der Waals surface area contributed by atoms with Crippen molar-refractivity contribution >= 4 is 23.0 Å². The molecule has 1 aliphatic rings. The lowest BCUT2D eigenvalue weighted by Crippen LogP contribution is -2.55. The summed E-state index contributed by atoms with van der Waals surface area (Å²) in [4.78, 5) is 0. The zero-order valence-corrected chi connectivity index (χ0v) is 11.8. The van der Waals surface area contributed by atoms with E-state index >= 15 is 0 Å². The molecule has 98 valence electrons. The molecule has 2 atom stereocenters. The van der Waals surface area contributed by atoms with E-state index in [1.165, 1.54) is 19.3 Å². The van der Waals surface area contributed by atoms with Gasteiger partial charge >= 0.3 is 0 Å². The number of hydrogen-bond donors (Lipinski definition) is 2. The number of anilines is 1. The summed E-state index contributed by atoms with van der Waals surface area (Å²) in [6, 6.07) is 11.1. The molecule has 1 aromatic carbocycles. The summed E-state index contributed by atoms with van der Waals surface area (Å²) in [5.41, 5.74) is 4.34. The molecule has 1 aromatic rings. The summed E-state index contributed by atoms with van der Waals surface area (Å²) in [7, 11) is 0. The van der Waals surface area contributed by atoms with Gasteiger partial charge in [0.25, 0.3) is 0 Å². The Balaban J connectivity index is 1.90. The highest BCUT2D eigenvalue weighted by Crippen LogP contribution is 2.20. The van der Waals surface area contributed by atoms with E-state index in [1.807, 2.05) is 30.3 Å². The van der Waals surface area contributed by atoms with Crippen LogP contribution in [0.3, 0.4) is 0 Å². The first-order valence-electron chi connectivity index (χ1n) is 6.58. The average Bonchev–Trinajstić information content (AvgIpc) is 2.35. The monoisotopic (exact) mass is 263 g/mol. The van der Waals surface area contributed by atoms with E-state index in [0.29, 0.717) is 17.2 Å². The number of piperidine rings is 1. The van der Waals surface area contributed by atoms with E-state index in [9.17, 15) is 0 Å². The quantitative estimate of drug-likeness (QED) is 0.802. The van der Waals surface area contributed by atoms with Crippen molar-refractivity contribution in [3.05, 3.63) is 30.3 Å². The summed E-state index contributed by atoms with van der Waals surface area (Å²) in [5.74, 6) is 0. The summed E-state index contributed by atoms with van der Waals surface area (Å²) < 4.78 is 0. The van der Waals surface area contributed by atoms with Gasteiger partial charge in [0.05, 0.1) is 0 Å². The minimum Gasteiger partial charge on any atom is -0.332 e. The molecule has 1 aliphatic heterocycles. The second kappa shape index (κ2) is 6.16. The first-order chi connectivity index (χ1) is 8.66. The van der Waals surface area contributed by atoms with Crippen molar-refractivity contribution in [3.63, 3.8) is 0 Å². The molecular formula is C14H21N3S. The Morgan fingerprint density at radius 3 is 2.39 bits per heavy atom. The molecule has 1 fully saturated rings. The highest BCUT2D eigenvalue weighted by molar-refractivity contribution is 7.80. The average molecular weight is 263 g/mol. The normalized spacial score (nSPS) is 24.6. The van der Waals surface area contributed by atoms with Crippen LogP contribution in [0.2, 0.25) is 0 Å². The largest absolute Gasteiger partial charge is 0.332 e. The fourth-order valence-electron chi connectivity index (χ4n) is 2.44. The molecule has 1 saturated heterocycles. The van der Waals surface area contributed by atoms with Crippen LogP contribution < -0.4 is 10.7 Å². The van der Waals surface area contributed by atoms with E-state index < -0.39 is 0 Å². The first kappa shape index (κ1) is 13.3. The number of hydrazine groups is 1. The molecule has 0 aliphatic carbocycles. The van der Waals surface area contributed by atoms with Gasteiger partial charge < -0.3 is 5.32 Å². The minimum absolute atomic E-state index is 0.532. The molecule has 0 radical (unpaired) electrons. The summed E-state index contributed by atoms with van der Waals surface area (Å²) in [6.07, 6.45) is 3.76. The van der Waals surface area contributed by atoms with Gasteiger partial charge in [0.1, 0.15) is 0 Å². The summed E-state index contributed by atoms with van der Waals surface area (Å²) >= 11 is 5.36. The molecule has 3 nitrogen and oxygen atoms in total. The second-order valence-corrected chi connectivity index (χ2v) is 5.38. The fraction of sp³-hybridized carbons (Fsp3) is 0.500. The zero-order chi connectivity index (χ0) is 13.0. The van der Waals surface area contributed by atoms with Crippen molar-refractivity contribution in [2.45, 2.75) is 45.2 Å². The highest BCUT2D eigenvalue weighted by Gasteiger charge is 2.25. The van der Waals surface area contributed by atoms with Crippen molar-refractivity contribution < 1.29 is 0 Å². The molecule has 0 unspecified atom stereocenters. The van der Waals surface area contributed by atoms with Crippen LogP contribution in [0.5, 0.6) is 0 Å². The van der Waals surface area contributed by atoms with Crippen LogP contribution in [0.15, 0.2) is 30.3 Å². The Bertz CT molecular complexity index is 383. The SMILES string of the molecule is C[C@H]1CCC[C@H](C)N1NC(=S)Nc1ccccc1. The molecule has 0 bridgehead atoms. The van der Waals surface area contributed by atoms with E-state index in [0.717, 1.165) is 5.69 Å². The Morgan fingerprint density at radius 2 is 1.78 bits per heavy atom. The van der Waals surface area contributed by atoms with Gasteiger partial charge in [-0.15, -0.1) is 0 Å². The lowest BCUT2D eigenvalue weighted by Gasteiger charge is -2.39. The molecule has 1 heterocycles. The van der Waals surface area contributed by atoms with E-state index in [-0.39, 0.29) is 0 Å². The third-order valence-electron chi connectivity index (χ3n) is 3.46. The molecule has 0 amide bonds. The van der Waals surface area contributed by atoms with Gasteiger partial charge in [-0.25, -0.2) is 5.01 Å². The molecule has 4 heteroatoms. The third kappa shape index (κ3) is 3.43. The molecule has 2 N–H and O–H groups in total. The number of rotatable bonds is 2. The van der Waals surface area contributed by atoms with Crippen LogP contribution in [0.25, 0.3) is 0 Å². The van der Waals surface area contributed by atoms with E-state index in [2.05, 4.69) is 29.6 Å². The Hall–Kier alpha value is -1.13. The van der Waals surface area contributed by atoms with Gasteiger partial charge in [0, 0.05) is 17.8 Å². The van der Waals surface area contributed by atoms with Crippen molar-refractivity contribution in [1.29, 1.82) is 0 Å². The van der Waals surface area contributed by atoms with Crippen LogP contribution in [0, 0.1) is 0 Å².